The Balaban J connectivity index is 1.79. The highest BCUT2D eigenvalue weighted by Gasteiger charge is 2.08. The summed E-state index contributed by atoms with van der Waals surface area (Å²) in [6.45, 7) is 1.87. The van der Waals surface area contributed by atoms with Gasteiger partial charge >= 0.3 is 6.03 Å². The van der Waals surface area contributed by atoms with E-state index in [0.29, 0.717) is 16.9 Å². The molecule has 0 aliphatic carbocycles. The van der Waals surface area contributed by atoms with Gasteiger partial charge in [0.05, 0.1) is 11.2 Å². The van der Waals surface area contributed by atoms with Crippen LogP contribution in [0.5, 0.6) is 0 Å². The Morgan fingerprint density at radius 2 is 1.71 bits per heavy atom. The summed E-state index contributed by atoms with van der Waals surface area (Å²) in [5.74, 6) is -0.510. The van der Waals surface area contributed by atoms with Gasteiger partial charge < -0.3 is 16.4 Å². The average molecular weight is 320 g/mol. The van der Waals surface area contributed by atoms with E-state index in [2.05, 4.69) is 15.6 Å². The Kier molecular flexibility index (Phi) is 4.11. The Morgan fingerprint density at radius 3 is 2.42 bits per heavy atom. The number of para-hydroxylation sites is 1. The summed E-state index contributed by atoms with van der Waals surface area (Å²) in [4.78, 5) is 27.7. The number of amides is 3. The summed E-state index contributed by atoms with van der Waals surface area (Å²) in [6, 6.07) is 15.4. The first-order chi connectivity index (χ1) is 11.5. The predicted molar refractivity (Wildman–Crippen MR) is 94.1 cm³/mol. The first kappa shape index (κ1) is 15.5. The molecule has 3 amide bonds. The number of hydrogen-bond donors (Lipinski definition) is 3. The maximum Gasteiger partial charge on any atom is 0.323 e. The maximum absolute atomic E-state index is 12.2. The number of aryl methyl sites for hydroxylation is 1. The van der Waals surface area contributed by atoms with E-state index in [4.69, 9.17) is 5.73 Å². The molecule has 0 saturated heterocycles. The highest BCUT2D eigenvalue weighted by Crippen LogP contribution is 2.23. The molecule has 1 aromatic heterocycles. The third-order valence-corrected chi connectivity index (χ3v) is 3.52. The summed E-state index contributed by atoms with van der Waals surface area (Å²) in [6.07, 6.45) is 0. The van der Waals surface area contributed by atoms with Gasteiger partial charge in [0.2, 0.25) is 5.91 Å². The van der Waals surface area contributed by atoms with E-state index >= 15 is 0 Å². The Morgan fingerprint density at radius 1 is 1.00 bits per heavy atom. The molecule has 2 aromatic carbocycles. The molecule has 6 nitrogen and oxygen atoms in total. The van der Waals surface area contributed by atoms with E-state index in [0.717, 1.165) is 16.6 Å². The summed E-state index contributed by atoms with van der Waals surface area (Å²) >= 11 is 0. The molecule has 0 unspecified atom stereocenters. The number of nitrogens with two attached hydrogens (primary N) is 1. The monoisotopic (exact) mass is 320 g/mol. The molecule has 4 N–H and O–H groups in total. The maximum atomic E-state index is 12.2. The number of fused-ring (bicyclic) bond motifs is 1. The molecule has 3 aromatic rings. The number of hydrogen-bond acceptors (Lipinski definition) is 3. The number of urea groups is 1. The van der Waals surface area contributed by atoms with Crippen molar-refractivity contribution < 1.29 is 9.59 Å². The molecule has 0 atom stereocenters. The van der Waals surface area contributed by atoms with Crippen molar-refractivity contribution in [1.82, 2.24) is 4.98 Å². The van der Waals surface area contributed by atoms with Crippen LogP contribution in [0.4, 0.5) is 16.2 Å². The van der Waals surface area contributed by atoms with Gasteiger partial charge in [0.1, 0.15) is 0 Å². The SMILES string of the molecule is Cc1cc(NC(=O)Nc2ccc(C(N)=O)cc2)c2ccccc2n1. The van der Waals surface area contributed by atoms with Gasteiger partial charge in [-0.05, 0) is 43.3 Å². The van der Waals surface area contributed by atoms with Crippen LogP contribution in [0, 0.1) is 6.92 Å². The fraction of sp³-hybridized carbons (Fsp3) is 0.0556. The zero-order valence-electron chi connectivity index (χ0n) is 13.0. The Bertz CT molecular complexity index is 920. The van der Waals surface area contributed by atoms with Crippen LogP contribution in [-0.2, 0) is 0 Å². The van der Waals surface area contributed by atoms with Gasteiger partial charge in [-0.2, -0.15) is 0 Å². The summed E-state index contributed by atoms with van der Waals surface area (Å²) in [5.41, 5.74) is 8.46. The van der Waals surface area contributed by atoms with E-state index in [1.165, 1.54) is 0 Å². The third kappa shape index (κ3) is 3.33. The smallest absolute Gasteiger partial charge is 0.323 e. The van der Waals surface area contributed by atoms with Gasteiger partial charge in [0.25, 0.3) is 0 Å². The normalized spacial score (nSPS) is 10.4. The van der Waals surface area contributed by atoms with Crippen molar-refractivity contribution >= 4 is 34.2 Å². The van der Waals surface area contributed by atoms with E-state index in [9.17, 15) is 9.59 Å². The van der Waals surface area contributed by atoms with Crippen LogP contribution in [0.1, 0.15) is 16.1 Å². The molecule has 6 heteroatoms. The summed E-state index contributed by atoms with van der Waals surface area (Å²) < 4.78 is 0. The minimum Gasteiger partial charge on any atom is -0.366 e. The molecule has 0 aliphatic rings. The number of nitrogens with zero attached hydrogens (tertiary/aromatic N) is 1. The Hall–Kier alpha value is -3.41. The zero-order chi connectivity index (χ0) is 17.1. The van der Waals surface area contributed by atoms with E-state index in [1.807, 2.05) is 37.3 Å². The molecular weight excluding hydrogens is 304 g/mol. The number of nitrogens with one attached hydrogen (secondary N) is 2. The second-order valence-electron chi connectivity index (χ2n) is 5.35. The molecule has 0 bridgehead atoms. The third-order valence-electron chi connectivity index (χ3n) is 3.52. The van der Waals surface area contributed by atoms with Crippen LogP contribution in [0.3, 0.4) is 0 Å². The van der Waals surface area contributed by atoms with Crippen molar-refractivity contribution in [1.29, 1.82) is 0 Å². The van der Waals surface area contributed by atoms with Gasteiger partial charge in [-0.3, -0.25) is 9.78 Å². The number of aromatic nitrogens is 1. The zero-order valence-corrected chi connectivity index (χ0v) is 13.0. The molecule has 120 valence electrons. The van der Waals surface area contributed by atoms with Crippen LogP contribution in [0.2, 0.25) is 0 Å². The van der Waals surface area contributed by atoms with Gasteiger partial charge in [-0.15, -0.1) is 0 Å². The van der Waals surface area contributed by atoms with Crippen LogP contribution in [0.15, 0.2) is 54.6 Å². The molecular formula is C18H16N4O2. The van der Waals surface area contributed by atoms with Crippen molar-refractivity contribution in [2.45, 2.75) is 6.92 Å². The lowest BCUT2D eigenvalue weighted by Gasteiger charge is -2.11. The molecule has 0 fully saturated rings. The largest absolute Gasteiger partial charge is 0.366 e. The van der Waals surface area contributed by atoms with Gasteiger partial charge in [0.15, 0.2) is 0 Å². The minimum absolute atomic E-state index is 0.377. The molecule has 0 spiro atoms. The number of pyridine rings is 1. The van der Waals surface area contributed by atoms with Crippen molar-refractivity contribution in [3.8, 4) is 0 Å². The van der Waals surface area contributed by atoms with Gasteiger partial charge in [-0.1, -0.05) is 18.2 Å². The van der Waals surface area contributed by atoms with Gasteiger partial charge in [-0.25, -0.2) is 4.79 Å². The highest BCUT2D eigenvalue weighted by molar-refractivity contribution is 6.05. The van der Waals surface area contributed by atoms with Crippen LogP contribution in [0.25, 0.3) is 10.9 Å². The van der Waals surface area contributed by atoms with Crippen LogP contribution in [-0.4, -0.2) is 16.9 Å². The van der Waals surface area contributed by atoms with Gasteiger partial charge in [0, 0.05) is 22.3 Å². The van der Waals surface area contributed by atoms with E-state index < -0.39 is 5.91 Å². The first-order valence-corrected chi connectivity index (χ1v) is 7.37. The molecule has 24 heavy (non-hydrogen) atoms. The lowest BCUT2D eigenvalue weighted by molar-refractivity contribution is 0.100. The van der Waals surface area contributed by atoms with Crippen molar-refractivity contribution in [3.63, 3.8) is 0 Å². The first-order valence-electron chi connectivity index (χ1n) is 7.37. The summed E-state index contributed by atoms with van der Waals surface area (Å²) in [5, 5.41) is 6.41. The highest BCUT2D eigenvalue weighted by atomic mass is 16.2. The topological polar surface area (TPSA) is 97.1 Å². The van der Waals surface area contributed by atoms with Crippen molar-refractivity contribution in [3.05, 3.63) is 65.9 Å². The fourth-order valence-electron chi connectivity index (χ4n) is 2.41. The standard InChI is InChI=1S/C18H16N4O2/c1-11-10-16(14-4-2-3-5-15(14)20-11)22-18(24)21-13-8-6-12(7-9-13)17(19)23/h2-10H,1H3,(H2,19,23)(H2,20,21,22,24). The molecule has 1 heterocycles. The fourth-order valence-corrected chi connectivity index (χ4v) is 2.41. The minimum atomic E-state index is -0.510. The number of anilines is 2. The molecule has 0 saturated carbocycles. The molecule has 3 rings (SSSR count). The number of carbonyl (C=O) groups excluding carboxylic acids is 2. The predicted octanol–water partition coefficient (Wildman–Crippen LogP) is 3.29. The second kappa shape index (κ2) is 6.37. The number of primary amides is 1. The molecule has 0 radical (unpaired) electrons. The van der Waals surface area contributed by atoms with Crippen molar-refractivity contribution in [2.24, 2.45) is 5.73 Å². The molecule has 0 aliphatic heterocycles. The lowest BCUT2D eigenvalue weighted by Crippen LogP contribution is -2.20. The van der Waals surface area contributed by atoms with E-state index in [-0.39, 0.29) is 6.03 Å². The second-order valence-corrected chi connectivity index (χ2v) is 5.35. The number of carbonyl (C=O) groups is 2. The summed E-state index contributed by atoms with van der Waals surface area (Å²) in [7, 11) is 0. The number of benzene rings is 2. The number of rotatable bonds is 3. The van der Waals surface area contributed by atoms with Crippen LogP contribution >= 0.6 is 0 Å². The quantitative estimate of drug-likeness (QED) is 0.690. The van der Waals surface area contributed by atoms with Crippen molar-refractivity contribution in [2.75, 3.05) is 10.6 Å². The lowest BCUT2D eigenvalue weighted by atomic mass is 10.1. The van der Waals surface area contributed by atoms with Crippen LogP contribution < -0.4 is 16.4 Å². The van der Waals surface area contributed by atoms with E-state index in [1.54, 1.807) is 24.3 Å². The Labute approximate surface area is 138 Å². The average Bonchev–Trinajstić information content (AvgIpc) is 2.55.